The molecule has 3 rings (SSSR count). The number of aromatic nitrogens is 1. The van der Waals surface area contributed by atoms with Gasteiger partial charge in [-0.05, 0) is 43.5 Å². The van der Waals surface area contributed by atoms with Crippen LogP contribution in [0, 0.1) is 5.82 Å². The smallest absolute Gasteiger partial charge is 0.191 e. The first-order valence-electron chi connectivity index (χ1n) is 10.3. The zero-order valence-corrected chi connectivity index (χ0v) is 19.9. The average molecular weight is 527 g/mol. The molecule has 0 saturated carbocycles. The fourth-order valence-electron chi connectivity index (χ4n) is 3.42. The Kier molecular flexibility index (Phi) is 10.3. The van der Waals surface area contributed by atoms with Gasteiger partial charge in [0.05, 0.1) is 13.2 Å². The number of halogens is 2. The van der Waals surface area contributed by atoms with Crippen LogP contribution >= 0.6 is 24.0 Å². The van der Waals surface area contributed by atoms with Crippen LogP contribution in [0.1, 0.15) is 31.4 Å². The second kappa shape index (κ2) is 12.7. The SMILES string of the molecule is CCNC(=NCc1ccccc1COCC)NC1CCN(c2ncccc2F)C1.I. The van der Waals surface area contributed by atoms with Crippen molar-refractivity contribution in [2.45, 2.75) is 39.5 Å². The van der Waals surface area contributed by atoms with Gasteiger partial charge in [0, 0.05) is 38.5 Å². The quantitative estimate of drug-likeness (QED) is 0.312. The van der Waals surface area contributed by atoms with Crippen LogP contribution in [-0.4, -0.2) is 43.2 Å². The van der Waals surface area contributed by atoms with E-state index in [2.05, 4.69) is 27.8 Å². The molecule has 2 heterocycles. The number of ether oxygens (including phenoxy) is 1. The van der Waals surface area contributed by atoms with Gasteiger partial charge in [-0.15, -0.1) is 24.0 Å². The highest BCUT2D eigenvalue weighted by atomic mass is 127. The topological polar surface area (TPSA) is 61.8 Å². The molecule has 1 unspecified atom stereocenters. The van der Waals surface area contributed by atoms with Gasteiger partial charge in [-0.3, -0.25) is 0 Å². The zero-order valence-electron chi connectivity index (χ0n) is 17.6. The van der Waals surface area contributed by atoms with Gasteiger partial charge in [0.25, 0.3) is 0 Å². The van der Waals surface area contributed by atoms with Crippen molar-refractivity contribution in [3.05, 3.63) is 59.5 Å². The van der Waals surface area contributed by atoms with Crippen LogP contribution in [0.25, 0.3) is 0 Å². The third-order valence-corrected chi connectivity index (χ3v) is 4.90. The number of benzene rings is 1. The molecule has 0 bridgehead atoms. The van der Waals surface area contributed by atoms with E-state index in [9.17, 15) is 4.39 Å². The van der Waals surface area contributed by atoms with Gasteiger partial charge in [-0.2, -0.15) is 0 Å². The van der Waals surface area contributed by atoms with Gasteiger partial charge in [0.2, 0.25) is 0 Å². The molecule has 2 aromatic rings. The predicted octanol–water partition coefficient (Wildman–Crippen LogP) is 3.71. The Morgan fingerprint density at radius 3 is 2.77 bits per heavy atom. The van der Waals surface area contributed by atoms with Gasteiger partial charge in [0.1, 0.15) is 0 Å². The van der Waals surface area contributed by atoms with Crippen molar-refractivity contribution in [2.24, 2.45) is 4.99 Å². The van der Waals surface area contributed by atoms with E-state index in [0.29, 0.717) is 32.1 Å². The van der Waals surface area contributed by atoms with E-state index in [-0.39, 0.29) is 35.8 Å². The summed E-state index contributed by atoms with van der Waals surface area (Å²) in [6.45, 7) is 8.14. The first-order chi connectivity index (χ1) is 14.2. The maximum atomic E-state index is 14.0. The number of rotatable bonds is 8. The van der Waals surface area contributed by atoms with E-state index in [1.165, 1.54) is 6.07 Å². The maximum absolute atomic E-state index is 14.0. The molecule has 1 aromatic carbocycles. The van der Waals surface area contributed by atoms with Crippen molar-refractivity contribution in [2.75, 3.05) is 31.1 Å². The third-order valence-electron chi connectivity index (χ3n) is 4.90. The summed E-state index contributed by atoms with van der Waals surface area (Å²) in [5.74, 6) is 0.912. The molecule has 30 heavy (non-hydrogen) atoms. The molecule has 8 heteroatoms. The first-order valence-corrected chi connectivity index (χ1v) is 10.3. The normalized spacial score (nSPS) is 16.3. The molecule has 0 aliphatic carbocycles. The van der Waals surface area contributed by atoms with Gasteiger partial charge in [0.15, 0.2) is 17.6 Å². The van der Waals surface area contributed by atoms with E-state index >= 15 is 0 Å². The lowest BCUT2D eigenvalue weighted by Crippen LogP contribution is -2.44. The molecule has 1 aliphatic heterocycles. The molecule has 0 radical (unpaired) electrons. The summed E-state index contributed by atoms with van der Waals surface area (Å²) < 4.78 is 19.6. The largest absolute Gasteiger partial charge is 0.377 e. The first kappa shape index (κ1) is 24.3. The molecular formula is C22H31FIN5O. The maximum Gasteiger partial charge on any atom is 0.191 e. The third kappa shape index (κ3) is 6.80. The van der Waals surface area contributed by atoms with E-state index in [1.807, 2.05) is 30.9 Å². The Hall–Kier alpha value is -1.94. The second-order valence-corrected chi connectivity index (χ2v) is 6.99. The van der Waals surface area contributed by atoms with Gasteiger partial charge in [-0.25, -0.2) is 14.4 Å². The van der Waals surface area contributed by atoms with Crippen molar-refractivity contribution in [1.82, 2.24) is 15.6 Å². The highest BCUT2D eigenvalue weighted by molar-refractivity contribution is 14.0. The summed E-state index contributed by atoms with van der Waals surface area (Å²) in [5, 5.41) is 6.79. The average Bonchev–Trinajstić information content (AvgIpc) is 3.20. The molecule has 0 spiro atoms. The van der Waals surface area contributed by atoms with Gasteiger partial charge >= 0.3 is 0 Å². The lowest BCUT2D eigenvalue weighted by molar-refractivity contribution is 0.133. The lowest BCUT2D eigenvalue weighted by atomic mass is 10.1. The molecule has 164 valence electrons. The number of aliphatic imine (C=N–C) groups is 1. The number of nitrogens with one attached hydrogen (secondary N) is 2. The van der Waals surface area contributed by atoms with Crippen molar-refractivity contribution < 1.29 is 9.13 Å². The molecule has 6 nitrogen and oxygen atoms in total. The molecule has 1 aliphatic rings. The van der Waals surface area contributed by atoms with Crippen LogP contribution < -0.4 is 15.5 Å². The highest BCUT2D eigenvalue weighted by Gasteiger charge is 2.25. The summed E-state index contributed by atoms with van der Waals surface area (Å²) in [6.07, 6.45) is 2.53. The Balaban J connectivity index is 0.00000320. The van der Waals surface area contributed by atoms with Crippen molar-refractivity contribution >= 4 is 35.8 Å². The standard InChI is InChI=1S/C22H30FN5O.HI/c1-3-24-22(26-14-17-8-5-6-9-18(17)16-29-4-2)27-19-11-13-28(15-19)21-20(23)10-7-12-25-21;/h5-10,12,19H,3-4,11,13-16H2,1-2H3,(H2,24,26,27);1H. The zero-order chi connectivity index (χ0) is 20.5. The van der Waals surface area contributed by atoms with E-state index in [4.69, 9.17) is 9.73 Å². The van der Waals surface area contributed by atoms with Crippen molar-refractivity contribution in [1.29, 1.82) is 0 Å². The summed E-state index contributed by atoms with van der Waals surface area (Å²) >= 11 is 0. The van der Waals surface area contributed by atoms with Crippen LogP contribution in [-0.2, 0) is 17.9 Å². The molecule has 1 fully saturated rings. The van der Waals surface area contributed by atoms with E-state index in [0.717, 1.165) is 36.6 Å². The Labute approximate surface area is 195 Å². The summed E-state index contributed by atoms with van der Waals surface area (Å²) in [6, 6.07) is 11.5. The number of hydrogen-bond acceptors (Lipinski definition) is 4. The van der Waals surface area contributed by atoms with Crippen LogP contribution in [0.3, 0.4) is 0 Å². The number of hydrogen-bond donors (Lipinski definition) is 2. The monoisotopic (exact) mass is 527 g/mol. The lowest BCUT2D eigenvalue weighted by Gasteiger charge is -2.20. The van der Waals surface area contributed by atoms with Crippen molar-refractivity contribution in [3.63, 3.8) is 0 Å². The van der Waals surface area contributed by atoms with Crippen LogP contribution in [0.2, 0.25) is 0 Å². The number of anilines is 1. The minimum absolute atomic E-state index is 0. The highest BCUT2D eigenvalue weighted by Crippen LogP contribution is 2.20. The summed E-state index contributed by atoms with van der Waals surface area (Å²) in [4.78, 5) is 10.9. The van der Waals surface area contributed by atoms with Gasteiger partial charge in [-0.1, -0.05) is 24.3 Å². The molecule has 1 atom stereocenters. The van der Waals surface area contributed by atoms with Crippen LogP contribution in [0.15, 0.2) is 47.6 Å². The fraction of sp³-hybridized carbons (Fsp3) is 0.455. The Morgan fingerprint density at radius 1 is 1.23 bits per heavy atom. The van der Waals surface area contributed by atoms with Crippen molar-refractivity contribution in [3.8, 4) is 0 Å². The minimum atomic E-state index is -0.278. The van der Waals surface area contributed by atoms with Crippen LogP contribution in [0.5, 0.6) is 0 Å². The Bertz CT molecular complexity index is 820. The second-order valence-electron chi connectivity index (χ2n) is 6.99. The number of pyridine rings is 1. The summed E-state index contributed by atoms with van der Waals surface area (Å²) in [7, 11) is 0. The van der Waals surface area contributed by atoms with E-state index < -0.39 is 0 Å². The molecule has 1 saturated heterocycles. The minimum Gasteiger partial charge on any atom is -0.377 e. The molecule has 1 aromatic heterocycles. The summed E-state index contributed by atoms with van der Waals surface area (Å²) in [5.41, 5.74) is 2.31. The fourth-order valence-corrected chi connectivity index (χ4v) is 3.42. The number of nitrogens with zero attached hydrogens (tertiary/aromatic N) is 3. The number of guanidine groups is 1. The molecule has 0 amide bonds. The molecular weight excluding hydrogens is 496 g/mol. The Morgan fingerprint density at radius 2 is 2.03 bits per heavy atom. The molecule has 2 N–H and O–H groups in total. The van der Waals surface area contributed by atoms with E-state index in [1.54, 1.807) is 12.3 Å². The van der Waals surface area contributed by atoms with Crippen LogP contribution in [0.4, 0.5) is 10.2 Å². The predicted molar refractivity (Wildman–Crippen MR) is 130 cm³/mol. The van der Waals surface area contributed by atoms with Gasteiger partial charge < -0.3 is 20.3 Å².